The fraction of sp³-hybridized carbons (Fsp3) is 0.647. The van der Waals surface area contributed by atoms with Gasteiger partial charge in [0.15, 0.2) is 0 Å². The molecule has 0 aliphatic carbocycles. The van der Waals surface area contributed by atoms with Gasteiger partial charge in [0, 0.05) is 18.0 Å². The number of likely N-dealkylation sites (tertiary alicyclic amines) is 1. The molecule has 122 valence electrons. The molecule has 2 heterocycles. The Morgan fingerprint density at radius 3 is 2.68 bits per heavy atom. The average Bonchev–Trinajstić information content (AvgIpc) is 2.86. The molecule has 0 bridgehead atoms. The van der Waals surface area contributed by atoms with Crippen LogP contribution >= 0.6 is 11.8 Å². The minimum atomic E-state index is -0.458. The highest BCUT2D eigenvalue weighted by atomic mass is 32.2. The second kappa shape index (κ2) is 6.90. The third-order valence-corrected chi connectivity index (χ3v) is 4.34. The molecule has 22 heavy (non-hydrogen) atoms. The van der Waals surface area contributed by atoms with Crippen molar-refractivity contribution in [3.8, 4) is 0 Å². The van der Waals surface area contributed by atoms with Crippen LogP contribution in [0.4, 0.5) is 4.79 Å². The van der Waals surface area contributed by atoms with E-state index in [-0.39, 0.29) is 12.1 Å². The molecular weight excluding hydrogens is 296 g/mol. The summed E-state index contributed by atoms with van der Waals surface area (Å²) < 4.78 is 5.51. The molecule has 0 saturated carbocycles. The summed E-state index contributed by atoms with van der Waals surface area (Å²) in [6, 6.07) is 4.22. The van der Waals surface area contributed by atoms with Crippen molar-refractivity contribution in [3.05, 3.63) is 23.9 Å². The summed E-state index contributed by atoms with van der Waals surface area (Å²) in [5.41, 5.74) is 0.636. The van der Waals surface area contributed by atoms with E-state index in [4.69, 9.17) is 4.74 Å². The van der Waals surface area contributed by atoms with Crippen LogP contribution in [-0.2, 0) is 4.74 Å². The predicted octanol–water partition coefficient (Wildman–Crippen LogP) is 4.65. The maximum atomic E-state index is 12.3. The van der Waals surface area contributed by atoms with Gasteiger partial charge in [0.25, 0.3) is 0 Å². The van der Waals surface area contributed by atoms with Crippen LogP contribution in [0, 0.1) is 0 Å². The first kappa shape index (κ1) is 17.1. The summed E-state index contributed by atoms with van der Waals surface area (Å²) >= 11 is 1.75. The van der Waals surface area contributed by atoms with Crippen molar-refractivity contribution in [3.63, 3.8) is 0 Å². The van der Waals surface area contributed by atoms with Crippen molar-refractivity contribution in [2.75, 3.05) is 6.54 Å². The molecular formula is C17H26N2O2S. The molecule has 1 aliphatic rings. The van der Waals surface area contributed by atoms with Crippen LogP contribution in [0.2, 0.25) is 0 Å². The van der Waals surface area contributed by atoms with Gasteiger partial charge in [-0.2, -0.15) is 0 Å². The molecule has 1 aromatic rings. The zero-order chi connectivity index (χ0) is 16.3. The van der Waals surface area contributed by atoms with Gasteiger partial charge in [0.2, 0.25) is 0 Å². The van der Waals surface area contributed by atoms with Crippen LogP contribution in [0.15, 0.2) is 23.4 Å². The van der Waals surface area contributed by atoms with Crippen LogP contribution in [-0.4, -0.2) is 33.4 Å². The van der Waals surface area contributed by atoms with Crippen molar-refractivity contribution in [1.29, 1.82) is 0 Å². The van der Waals surface area contributed by atoms with Crippen molar-refractivity contribution in [2.24, 2.45) is 0 Å². The van der Waals surface area contributed by atoms with E-state index in [1.165, 1.54) is 0 Å². The van der Waals surface area contributed by atoms with E-state index in [0.717, 1.165) is 30.0 Å². The maximum absolute atomic E-state index is 12.3. The van der Waals surface area contributed by atoms with Crippen molar-refractivity contribution < 1.29 is 9.53 Å². The molecule has 1 fully saturated rings. The van der Waals surface area contributed by atoms with Gasteiger partial charge in [-0.25, -0.2) is 9.78 Å². The Morgan fingerprint density at radius 1 is 1.41 bits per heavy atom. The number of nitrogens with zero attached hydrogens (tertiary/aromatic N) is 2. The smallest absolute Gasteiger partial charge is 0.410 e. The van der Waals surface area contributed by atoms with Gasteiger partial charge in [-0.05, 0) is 45.2 Å². The maximum Gasteiger partial charge on any atom is 0.410 e. The molecule has 1 amide bonds. The van der Waals surface area contributed by atoms with E-state index < -0.39 is 5.60 Å². The average molecular weight is 322 g/mol. The highest BCUT2D eigenvalue weighted by molar-refractivity contribution is 7.99. The number of ether oxygens (including phenoxy) is 1. The molecule has 0 spiro atoms. The Balaban J connectivity index is 2.08. The van der Waals surface area contributed by atoms with Crippen LogP contribution in [0.5, 0.6) is 0 Å². The number of hydrogen-bond donors (Lipinski definition) is 0. The van der Waals surface area contributed by atoms with Crippen LogP contribution in [0.25, 0.3) is 0 Å². The Bertz CT molecular complexity index is 508. The molecule has 1 aromatic heterocycles. The van der Waals surface area contributed by atoms with Gasteiger partial charge in [0.05, 0.1) is 11.1 Å². The molecule has 1 atom stereocenters. The summed E-state index contributed by atoms with van der Waals surface area (Å²) in [4.78, 5) is 18.7. The van der Waals surface area contributed by atoms with Gasteiger partial charge in [-0.3, -0.25) is 0 Å². The summed E-state index contributed by atoms with van der Waals surface area (Å²) in [5, 5.41) is 1.55. The lowest BCUT2D eigenvalue weighted by atomic mass is 10.1. The number of carbonyl (C=O) groups excluding carboxylic acids is 1. The van der Waals surface area contributed by atoms with E-state index in [9.17, 15) is 4.79 Å². The molecule has 0 N–H and O–H groups in total. The van der Waals surface area contributed by atoms with Gasteiger partial charge in [-0.15, -0.1) is 11.8 Å². The molecule has 1 saturated heterocycles. The Kier molecular flexibility index (Phi) is 5.37. The fourth-order valence-electron chi connectivity index (χ4n) is 2.55. The fourth-order valence-corrected chi connectivity index (χ4v) is 3.30. The molecule has 0 radical (unpaired) electrons. The van der Waals surface area contributed by atoms with Gasteiger partial charge < -0.3 is 9.64 Å². The molecule has 2 rings (SSSR count). The van der Waals surface area contributed by atoms with Crippen molar-refractivity contribution in [1.82, 2.24) is 9.88 Å². The molecule has 0 aromatic carbocycles. The SMILES string of the molecule is CC(C)Sc1ccc(C2CCCN2C(=O)OC(C)(C)C)cn1. The predicted molar refractivity (Wildman–Crippen MR) is 90.1 cm³/mol. The van der Waals surface area contributed by atoms with Gasteiger partial charge >= 0.3 is 6.09 Å². The first-order chi connectivity index (χ1) is 10.3. The lowest BCUT2D eigenvalue weighted by molar-refractivity contribution is 0.0224. The van der Waals surface area contributed by atoms with E-state index in [1.807, 2.05) is 37.9 Å². The number of hydrogen-bond acceptors (Lipinski definition) is 4. The first-order valence-corrected chi connectivity index (χ1v) is 8.76. The Morgan fingerprint density at radius 2 is 2.14 bits per heavy atom. The minimum absolute atomic E-state index is 0.0837. The summed E-state index contributed by atoms with van der Waals surface area (Å²) in [6.07, 6.45) is 3.65. The standard InChI is InChI=1S/C17H26N2O2S/c1-12(2)22-15-9-8-13(11-18-15)14-7-6-10-19(14)16(20)21-17(3,4)5/h8-9,11-12,14H,6-7,10H2,1-5H3. The second-order valence-corrected chi connectivity index (χ2v) is 8.52. The lowest BCUT2D eigenvalue weighted by Gasteiger charge is -2.28. The number of amides is 1. The number of thioether (sulfide) groups is 1. The Labute approximate surface area is 137 Å². The monoisotopic (exact) mass is 322 g/mol. The number of carbonyl (C=O) groups is 1. The molecule has 1 aliphatic heterocycles. The van der Waals surface area contributed by atoms with E-state index in [2.05, 4.69) is 24.9 Å². The minimum Gasteiger partial charge on any atom is -0.444 e. The van der Waals surface area contributed by atoms with Crippen LogP contribution in [0.1, 0.15) is 59.1 Å². The van der Waals surface area contributed by atoms with Crippen molar-refractivity contribution in [2.45, 2.75) is 69.4 Å². The quantitative estimate of drug-likeness (QED) is 0.759. The van der Waals surface area contributed by atoms with E-state index in [0.29, 0.717) is 5.25 Å². The largest absolute Gasteiger partial charge is 0.444 e. The molecule has 1 unspecified atom stereocenters. The molecule has 5 heteroatoms. The van der Waals surface area contributed by atoms with Crippen LogP contribution < -0.4 is 0 Å². The highest BCUT2D eigenvalue weighted by Gasteiger charge is 2.33. The van der Waals surface area contributed by atoms with Gasteiger partial charge in [0.1, 0.15) is 5.60 Å². The van der Waals surface area contributed by atoms with E-state index >= 15 is 0 Å². The second-order valence-electron chi connectivity index (χ2n) is 6.93. The van der Waals surface area contributed by atoms with Gasteiger partial charge in [-0.1, -0.05) is 19.9 Å². The Hall–Kier alpha value is -1.23. The van der Waals surface area contributed by atoms with Crippen LogP contribution in [0.3, 0.4) is 0 Å². The zero-order valence-electron chi connectivity index (χ0n) is 14.1. The highest BCUT2D eigenvalue weighted by Crippen LogP contribution is 2.33. The lowest BCUT2D eigenvalue weighted by Crippen LogP contribution is -2.36. The van der Waals surface area contributed by atoms with E-state index in [1.54, 1.807) is 11.8 Å². The third-order valence-electron chi connectivity index (χ3n) is 3.38. The normalized spacial score (nSPS) is 18.8. The van der Waals surface area contributed by atoms with Crippen molar-refractivity contribution >= 4 is 17.9 Å². The number of pyridine rings is 1. The number of aromatic nitrogens is 1. The summed E-state index contributed by atoms with van der Waals surface area (Å²) in [5.74, 6) is 0. The topological polar surface area (TPSA) is 42.4 Å². The first-order valence-electron chi connectivity index (χ1n) is 7.88. The molecule has 4 nitrogen and oxygen atoms in total. The number of rotatable bonds is 3. The summed E-state index contributed by atoms with van der Waals surface area (Å²) in [6.45, 7) is 10.8. The zero-order valence-corrected chi connectivity index (χ0v) is 14.9. The third kappa shape index (κ3) is 4.63. The summed E-state index contributed by atoms with van der Waals surface area (Å²) in [7, 11) is 0.